The van der Waals surface area contributed by atoms with Gasteiger partial charge in [0.15, 0.2) is 0 Å². The summed E-state index contributed by atoms with van der Waals surface area (Å²) in [5, 5.41) is 6.37. The van der Waals surface area contributed by atoms with Gasteiger partial charge in [0.05, 0.1) is 13.8 Å². The number of fused-ring (bicyclic) bond motifs is 5. The Hall–Kier alpha value is -2.91. The van der Waals surface area contributed by atoms with Gasteiger partial charge >= 0.3 is 0 Å². The van der Waals surface area contributed by atoms with Crippen molar-refractivity contribution in [2.24, 2.45) is 0 Å². The predicted octanol–water partition coefficient (Wildman–Crippen LogP) is 7.47. The van der Waals surface area contributed by atoms with Gasteiger partial charge in [-0.15, -0.1) is 0 Å². The Morgan fingerprint density at radius 2 is 1.60 bits per heavy atom. The van der Waals surface area contributed by atoms with Gasteiger partial charge in [0.1, 0.15) is 11.2 Å². The predicted molar refractivity (Wildman–Crippen MR) is 132 cm³/mol. The summed E-state index contributed by atoms with van der Waals surface area (Å²) in [6.07, 6.45) is 1.91. The Kier molecular flexibility index (Phi) is 4.33. The number of furan rings is 1. The van der Waals surface area contributed by atoms with Crippen LogP contribution in [0.2, 0.25) is 19.6 Å². The number of para-hydroxylation sites is 1. The topological polar surface area (TPSA) is 26.0 Å². The minimum Gasteiger partial charge on any atom is -0.455 e. The van der Waals surface area contributed by atoms with Crippen molar-refractivity contribution < 1.29 is 4.42 Å². The Morgan fingerprint density at radius 3 is 2.37 bits per heavy atom. The van der Waals surface area contributed by atoms with Gasteiger partial charge in [-0.25, -0.2) is 0 Å². The van der Waals surface area contributed by atoms with Crippen LogP contribution in [0.3, 0.4) is 0 Å². The van der Waals surface area contributed by atoms with Crippen molar-refractivity contribution in [1.82, 2.24) is 4.98 Å². The van der Waals surface area contributed by atoms with E-state index in [9.17, 15) is 0 Å². The van der Waals surface area contributed by atoms with Crippen molar-refractivity contribution >= 4 is 46.0 Å². The molecule has 0 unspecified atom stereocenters. The van der Waals surface area contributed by atoms with Gasteiger partial charge in [-0.1, -0.05) is 76.0 Å². The summed E-state index contributed by atoms with van der Waals surface area (Å²) in [6.45, 7) is 11.7. The largest absolute Gasteiger partial charge is 0.455 e. The molecule has 0 aliphatic rings. The summed E-state index contributed by atoms with van der Waals surface area (Å²) in [7, 11) is -1.59. The van der Waals surface area contributed by atoms with Crippen LogP contribution in [-0.2, 0) is 0 Å². The van der Waals surface area contributed by atoms with Crippen LogP contribution < -0.4 is 5.19 Å². The fraction of sp³-hybridized carbons (Fsp3) is 0.222. The Morgan fingerprint density at radius 1 is 0.833 bits per heavy atom. The van der Waals surface area contributed by atoms with Crippen LogP contribution in [0.25, 0.3) is 44.0 Å². The van der Waals surface area contributed by atoms with Crippen LogP contribution in [0, 0.1) is 0 Å². The lowest BCUT2D eigenvalue weighted by atomic mass is 10.00. The molecule has 5 rings (SSSR count). The molecule has 0 aliphatic heterocycles. The lowest BCUT2D eigenvalue weighted by Crippen LogP contribution is -2.38. The summed E-state index contributed by atoms with van der Waals surface area (Å²) in [5.74, 6) is 0.462. The Bertz CT molecular complexity index is 1410. The molecule has 0 spiro atoms. The number of aromatic nitrogens is 1. The molecule has 3 aromatic carbocycles. The van der Waals surface area contributed by atoms with Gasteiger partial charge < -0.3 is 4.42 Å². The number of rotatable bonds is 3. The summed E-state index contributed by atoms with van der Waals surface area (Å²) in [4.78, 5) is 4.69. The first-order valence-electron chi connectivity index (χ1n) is 10.7. The molecule has 150 valence electrons. The van der Waals surface area contributed by atoms with E-state index in [2.05, 4.69) is 94.2 Å². The van der Waals surface area contributed by atoms with Gasteiger partial charge in [0.2, 0.25) is 0 Å². The molecule has 0 radical (unpaired) electrons. The average Bonchev–Trinajstić information content (AvgIpc) is 3.12. The normalized spacial score (nSPS) is 12.5. The van der Waals surface area contributed by atoms with Crippen molar-refractivity contribution in [3.05, 3.63) is 72.4 Å². The zero-order valence-electron chi connectivity index (χ0n) is 18.3. The third-order valence-electron chi connectivity index (χ3n) is 6.02. The molecule has 2 aromatic heterocycles. The number of nitrogens with zero attached hydrogens (tertiary/aromatic N) is 1. The molecule has 30 heavy (non-hydrogen) atoms. The average molecular weight is 410 g/mol. The third kappa shape index (κ3) is 2.96. The molecule has 0 N–H and O–H groups in total. The smallest absolute Gasteiger partial charge is 0.144 e. The van der Waals surface area contributed by atoms with Crippen LogP contribution in [0.15, 0.2) is 71.3 Å². The first-order chi connectivity index (χ1) is 14.3. The van der Waals surface area contributed by atoms with Crippen LogP contribution in [0.5, 0.6) is 0 Å². The van der Waals surface area contributed by atoms with Crippen molar-refractivity contribution in [2.75, 3.05) is 0 Å². The second-order valence-corrected chi connectivity index (χ2v) is 14.6. The second kappa shape index (κ2) is 6.81. The van der Waals surface area contributed by atoms with Gasteiger partial charge in [0, 0.05) is 27.9 Å². The molecule has 5 aromatic rings. The van der Waals surface area contributed by atoms with E-state index in [4.69, 9.17) is 9.40 Å². The molecular weight excluding hydrogens is 382 g/mol. The summed E-state index contributed by atoms with van der Waals surface area (Å²) in [6, 6.07) is 21.7. The maximum Gasteiger partial charge on any atom is 0.144 e. The first kappa shape index (κ1) is 19.1. The molecule has 0 amide bonds. The molecular formula is C27H27NOSi. The van der Waals surface area contributed by atoms with E-state index < -0.39 is 8.07 Å². The van der Waals surface area contributed by atoms with Crippen molar-refractivity contribution in [2.45, 2.75) is 39.4 Å². The molecule has 0 saturated carbocycles. The molecule has 2 nitrogen and oxygen atoms in total. The number of hydrogen-bond donors (Lipinski definition) is 0. The zero-order chi connectivity index (χ0) is 21.0. The number of pyridine rings is 1. The zero-order valence-corrected chi connectivity index (χ0v) is 19.3. The first-order valence-corrected chi connectivity index (χ1v) is 14.2. The molecule has 2 heterocycles. The van der Waals surface area contributed by atoms with Gasteiger partial charge in [0.25, 0.3) is 0 Å². The van der Waals surface area contributed by atoms with Gasteiger partial charge in [-0.05, 0) is 40.3 Å². The fourth-order valence-corrected chi connectivity index (χ4v) is 5.97. The van der Waals surface area contributed by atoms with E-state index in [1.165, 1.54) is 32.3 Å². The monoisotopic (exact) mass is 409 g/mol. The Labute approximate surface area is 178 Å². The van der Waals surface area contributed by atoms with Crippen molar-refractivity contribution in [3.63, 3.8) is 0 Å². The molecule has 0 fully saturated rings. The fourth-order valence-electron chi connectivity index (χ4n) is 4.38. The molecule has 3 heteroatoms. The van der Waals surface area contributed by atoms with E-state index in [-0.39, 0.29) is 0 Å². The van der Waals surface area contributed by atoms with E-state index in [1.807, 2.05) is 6.20 Å². The molecule has 0 atom stereocenters. The quantitative estimate of drug-likeness (QED) is 0.289. The van der Waals surface area contributed by atoms with Crippen molar-refractivity contribution in [1.29, 1.82) is 0 Å². The van der Waals surface area contributed by atoms with Crippen LogP contribution in [0.4, 0.5) is 0 Å². The SMILES string of the molecule is CC(C)c1ccnc(-c2cccc3c2oc2c4ccccc4cc([Si](C)(C)C)c32)c1. The molecule has 0 saturated heterocycles. The highest BCUT2D eigenvalue weighted by molar-refractivity contribution is 6.91. The van der Waals surface area contributed by atoms with Crippen LogP contribution in [-0.4, -0.2) is 13.1 Å². The van der Waals surface area contributed by atoms with Crippen LogP contribution >= 0.6 is 0 Å². The summed E-state index contributed by atoms with van der Waals surface area (Å²) >= 11 is 0. The minimum absolute atomic E-state index is 0.462. The third-order valence-corrected chi connectivity index (χ3v) is 8.04. The maximum atomic E-state index is 6.67. The molecule has 0 bridgehead atoms. The van der Waals surface area contributed by atoms with E-state index in [0.29, 0.717) is 5.92 Å². The summed E-state index contributed by atoms with van der Waals surface area (Å²) in [5.41, 5.74) is 5.28. The lowest BCUT2D eigenvalue weighted by molar-refractivity contribution is 0.673. The van der Waals surface area contributed by atoms with Gasteiger partial charge in [-0.3, -0.25) is 4.98 Å². The number of benzene rings is 3. The minimum atomic E-state index is -1.59. The number of hydrogen-bond acceptors (Lipinski definition) is 2. The standard InChI is InChI=1S/C27H27NOSi/c1-17(2)18-13-14-28-23(15-18)21-11-8-12-22-25-24(30(3,4)5)16-19-9-6-7-10-20(19)27(25)29-26(21)22/h6-17H,1-5H3. The van der Waals surface area contributed by atoms with Gasteiger partial charge in [-0.2, -0.15) is 0 Å². The van der Waals surface area contributed by atoms with E-state index >= 15 is 0 Å². The molecule has 0 aliphatic carbocycles. The lowest BCUT2D eigenvalue weighted by Gasteiger charge is -2.19. The maximum absolute atomic E-state index is 6.67. The second-order valence-electron chi connectivity index (χ2n) is 9.51. The Balaban J connectivity index is 1.92. The van der Waals surface area contributed by atoms with E-state index in [1.54, 1.807) is 0 Å². The highest BCUT2D eigenvalue weighted by Crippen LogP contribution is 2.38. The highest BCUT2D eigenvalue weighted by atomic mass is 28.3. The highest BCUT2D eigenvalue weighted by Gasteiger charge is 2.25. The summed E-state index contributed by atoms with van der Waals surface area (Å²) < 4.78 is 6.67. The van der Waals surface area contributed by atoms with E-state index in [0.717, 1.165) is 22.4 Å². The van der Waals surface area contributed by atoms with Crippen LogP contribution in [0.1, 0.15) is 25.3 Å². The van der Waals surface area contributed by atoms with Crippen molar-refractivity contribution in [3.8, 4) is 11.3 Å².